The largest absolute Gasteiger partial charge is 0.506 e. The van der Waals surface area contributed by atoms with Crippen molar-refractivity contribution in [1.29, 1.82) is 0 Å². The highest BCUT2D eigenvalue weighted by Gasteiger charge is 2.39. The summed E-state index contributed by atoms with van der Waals surface area (Å²) in [6.07, 6.45) is 4.11. The van der Waals surface area contributed by atoms with Crippen molar-refractivity contribution in [2.45, 2.75) is 43.8 Å². The monoisotopic (exact) mass is 327 g/mol. The molecule has 3 atom stereocenters. The van der Waals surface area contributed by atoms with Crippen LogP contribution in [0.5, 0.6) is 5.75 Å². The van der Waals surface area contributed by atoms with Crippen LogP contribution in [0.3, 0.4) is 0 Å². The number of amides is 1. The number of aromatic nitrogens is 1. The van der Waals surface area contributed by atoms with Gasteiger partial charge in [0.1, 0.15) is 11.3 Å². The highest BCUT2D eigenvalue weighted by molar-refractivity contribution is 6.02. The maximum absolute atomic E-state index is 12.6. The van der Waals surface area contributed by atoms with Gasteiger partial charge in [-0.15, -0.1) is 0 Å². The van der Waals surface area contributed by atoms with Gasteiger partial charge in [-0.3, -0.25) is 9.59 Å². The molecule has 2 aromatic rings. The Hall–Kier alpha value is -2.34. The van der Waals surface area contributed by atoms with Crippen LogP contribution in [-0.4, -0.2) is 46.1 Å². The van der Waals surface area contributed by atoms with Gasteiger partial charge in [0.15, 0.2) is 0 Å². The number of aromatic amines is 1. The van der Waals surface area contributed by atoms with E-state index in [1.807, 2.05) is 0 Å². The standard InChI is InChI=1S/C18H21N3O3/c1-21-11-6-7-12(21)9-10(8-11)19-17(23)15-16(22)13-4-2-3-5-14(13)20-18(15)24/h2-5,10-12H,6-9H2,1H3,(H,19,23)(H2,20,22,24)/t10?,11-,12+. The van der Waals surface area contributed by atoms with E-state index in [4.69, 9.17) is 0 Å². The van der Waals surface area contributed by atoms with Gasteiger partial charge in [0.2, 0.25) is 0 Å². The molecule has 1 aromatic carbocycles. The maximum Gasteiger partial charge on any atom is 0.265 e. The molecule has 2 aliphatic rings. The van der Waals surface area contributed by atoms with E-state index in [-0.39, 0.29) is 17.4 Å². The Morgan fingerprint density at radius 2 is 1.92 bits per heavy atom. The van der Waals surface area contributed by atoms with Crippen LogP contribution in [0.25, 0.3) is 10.9 Å². The molecule has 6 nitrogen and oxygen atoms in total. The summed E-state index contributed by atoms with van der Waals surface area (Å²) in [5.41, 5.74) is -0.228. The lowest BCUT2D eigenvalue weighted by Gasteiger charge is -2.36. The van der Waals surface area contributed by atoms with Crippen LogP contribution >= 0.6 is 0 Å². The van der Waals surface area contributed by atoms with Gasteiger partial charge in [-0.25, -0.2) is 0 Å². The predicted octanol–water partition coefficient (Wildman–Crippen LogP) is 1.59. The van der Waals surface area contributed by atoms with Crippen molar-refractivity contribution < 1.29 is 9.90 Å². The van der Waals surface area contributed by atoms with Gasteiger partial charge in [-0.05, 0) is 44.9 Å². The predicted molar refractivity (Wildman–Crippen MR) is 91.3 cm³/mol. The van der Waals surface area contributed by atoms with E-state index >= 15 is 0 Å². The zero-order chi connectivity index (χ0) is 16.8. The Morgan fingerprint density at radius 3 is 2.62 bits per heavy atom. The SMILES string of the molecule is CN1[C@@H]2CC[C@H]1CC(NC(=O)c1c(O)c3ccccc3[nH]c1=O)C2. The lowest BCUT2D eigenvalue weighted by atomic mass is 9.97. The average molecular weight is 327 g/mol. The van der Waals surface area contributed by atoms with E-state index in [1.165, 1.54) is 0 Å². The van der Waals surface area contributed by atoms with Gasteiger partial charge in [-0.1, -0.05) is 12.1 Å². The molecular formula is C18H21N3O3. The second kappa shape index (κ2) is 5.63. The number of hydrogen-bond donors (Lipinski definition) is 3. The fourth-order valence-corrected chi connectivity index (χ4v) is 4.22. The number of carbonyl (C=O) groups is 1. The van der Waals surface area contributed by atoms with Crippen LogP contribution in [-0.2, 0) is 0 Å². The molecule has 0 radical (unpaired) electrons. The number of benzene rings is 1. The van der Waals surface area contributed by atoms with Crippen LogP contribution in [0.15, 0.2) is 29.1 Å². The maximum atomic E-state index is 12.6. The summed E-state index contributed by atoms with van der Waals surface area (Å²) in [6.45, 7) is 0. The third-order valence-electron chi connectivity index (χ3n) is 5.55. The van der Waals surface area contributed by atoms with Crippen LogP contribution < -0.4 is 10.9 Å². The number of rotatable bonds is 2. The van der Waals surface area contributed by atoms with E-state index in [9.17, 15) is 14.7 Å². The van der Waals surface area contributed by atoms with Gasteiger partial charge in [0.25, 0.3) is 11.5 Å². The van der Waals surface area contributed by atoms with E-state index in [0.717, 1.165) is 25.7 Å². The average Bonchev–Trinajstić information content (AvgIpc) is 2.77. The Kier molecular flexibility index (Phi) is 3.57. The van der Waals surface area contributed by atoms with Gasteiger partial charge < -0.3 is 20.3 Å². The second-order valence-corrected chi connectivity index (χ2v) is 6.92. The summed E-state index contributed by atoms with van der Waals surface area (Å²) in [5.74, 6) is -0.740. The number of hydrogen-bond acceptors (Lipinski definition) is 4. The van der Waals surface area contributed by atoms with Crippen molar-refractivity contribution in [3.63, 3.8) is 0 Å². The van der Waals surface area contributed by atoms with Crippen molar-refractivity contribution in [3.8, 4) is 5.75 Å². The van der Waals surface area contributed by atoms with Crippen molar-refractivity contribution >= 4 is 16.8 Å². The minimum Gasteiger partial charge on any atom is -0.506 e. The molecule has 3 N–H and O–H groups in total. The van der Waals surface area contributed by atoms with Crippen LogP contribution in [0.4, 0.5) is 0 Å². The quantitative estimate of drug-likeness (QED) is 0.782. The summed E-state index contributed by atoms with van der Waals surface area (Å²) in [5, 5.41) is 13.8. The van der Waals surface area contributed by atoms with Crippen molar-refractivity contribution in [2.75, 3.05) is 7.05 Å². The zero-order valence-electron chi connectivity index (χ0n) is 13.6. The van der Waals surface area contributed by atoms with Gasteiger partial charge >= 0.3 is 0 Å². The Bertz CT molecular complexity index is 846. The normalized spacial score (nSPS) is 26.6. The molecule has 3 heterocycles. The molecule has 0 spiro atoms. The van der Waals surface area contributed by atoms with Crippen LogP contribution in [0.2, 0.25) is 0 Å². The molecule has 0 aliphatic carbocycles. The molecule has 2 saturated heterocycles. The molecule has 2 bridgehead atoms. The van der Waals surface area contributed by atoms with E-state index in [2.05, 4.69) is 22.2 Å². The minimum absolute atomic E-state index is 0.0523. The van der Waals surface area contributed by atoms with Crippen molar-refractivity contribution in [1.82, 2.24) is 15.2 Å². The first-order valence-electron chi connectivity index (χ1n) is 8.41. The lowest BCUT2D eigenvalue weighted by molar-refractivity contribution is 0.0878. The van der Waals surface area contributed by atoms with E-state index in [1.54, 1.807) is 24.3 Å². The molecule has 2 aliphatic heterocycles. The lowest BCUT2D eigenvalue weighted by Crippen LogP contribution is -2.49. The summed E-state index contributed by atoms with van der Waals surface area (Å²) in [6, 6.07) is 7.97. The highest BCUT2D eigenvalue weighted by Crippen LogP contribution is 2.34. The highest BCUT2D eigenvalue weighted by atomic mass is 16.3. The number of pyridine rings is 1. The number of fused-ring (bicyclic) bond motifs is 3. The molecule has 0 saturated carbocycles. The minimum atomic E-state index is -0.556. The third kappa shape index (κ3) is 2.38. The number of carbonyl (C=O) groups excluding carboxylic acids is 1. The number of nitrogens with one attached hydrogen (secondary N) is 2. The first kappa shape index (κ1) is 15.2. The number of nitrogens with zero attached hydrogens (tertiary/aromatic N) is 1. The number of aromatic hydroxyl groups is 1. The first-order valence-corrected chi connectivity index (χ1v) is 8.41. The summed E-state index contributed by atoms with van der Waals surface area (Å²) >= 11 is 0. The molecule has 4 rings (SSSR count). The Balaban J connectivity index is 1.61. The zero-order valence-corrected chi connectivity index (χ0v) is 13.6. The van der Waals surface area contributed by atoms with Gasteiger partial charge in [0, 0.05) is 23.5 Å². The number of para-hydroxylation sites is 1. The first-order chi connectivity index (χ1) is 11.5. The van der Waals surface area contributed by atoms with Crippen molar-refractivity contribution in [3.05, 3.63) is 40.2 Å². The molecule has 24 heavy (non-hydrogen) atoms. The summed E-state index contributed by atoms with van der Waals surface area (Å²) in [4.78, 5) is 29.9. The van der Waals surface area contributed by atoms with Crippen molar-refractivity contribution in [2.24, 2.45) is 0 Å². The molecule has 2 fully saturated rings. The van der Waals surface area contributed by atoms with E-state index in [0.29, 0.717) is 23.0 Å². The fraction of sp³-hybridized carbons (Fsp3) is 0.444. The number of H-pyrrole nitrogens is 1. The smallest absolute Gasteiger partial charge is 0.265 e. The summed E-state index contributed by atoms with van der Waals surface area (Å²) < 4.78 is 0. The Morgan fingerprint density at radius 1 is 1.25 bits per heavy atom. The third-order valence-corrected chi connectivity index (χ3v) is 5.55. The Labute approximate surface area is 139 Å². The number of piperidine rings is 1. The fourth-order valence-electron chi connectivity index (χ4n) is 4.22. The molecule has 1 amide bonds. The van der Waals surface area contributed by atoms with E-state index < -0.39 is 11.5 Å². The van der Waals surface area contributed by atoms with Gasteiger partial charge in [0.05, 0.1) is 5.52 Å². The molecular weight excluding hydrogens is 306 g/mol. The second-order valence-electron chi connectivity index (χ2n) is 6.92. The topological polar surface area (TPSA) is 85.4 Å². The van der Waals surface area contributed by atoms with Crippen LogP contribution in [0.1, 0.15) is 36.0 Å². The molecule has 6 heteroatoms. The van der Waals surface area contributed by atoms with Crippen LogP contribution in [0, 0.1) is 0 Å². The van der Waals surface area contributed by atoms with Gasteiger partial charge in [-0.2, -0.15) is 0 Å². The molecule has 126 valence electrons. The molecule has 1 aromatic heterocycles. The summed E-state index contributed by atoms with van der Waals surface area (Å²) in [7, 11) is 2.14. The molecule has 1 unspecified atom stereocenters.